The van der Waals surface area contributed by atoms with Crippen LogP contribution in [0.3, 0.4) is 0 Å². The van der Waals surface area contributed by atoms with Gasteiger partial charge < -0.3 is 30.9 Å². The summed E-state index contributed by atoms with van der Waals surface area (Å²) in [6.07, 6.45) is 8.64. The predicted molar refractivity (Wildman–Crippen MR) is 149 cm³/mol. The Kier molecular flexibility index (Phi) is 6.27. The molecule has 0 unspecified atom stereocenters. The van der Waals surface area contributed by atoms with Gasteiger partial charge in [-0.2, -0.15) is 4.99 Å². The summed E-state index contributed by atoms with van der Waals surface area (Å²) in [6, 6.07) is 2.78. The molecule has 4 saturated carbocycles. The molecule has 4 aliphatic carbocycles. The molecule has 39 heavy (non-hydrogen) atoms. The van der Waals surface area contributed by atoms with Gasteiger partial charge in [0.05, 0.1) is 16.7 Å². The number of fused-ring (bicyclic) bond motifs is 1. The number of carboxylic acid groups (broad SMARTS) is 1. The van der Waals surface area contributed by atoms with Crippen LogP contribution in [0.2, 0.25) is 0 Å². The minimum absolute atomic E-state index is 0.0572. The van der Waals surface area contributed by atoms with Crippen LogP contribution in [0, 0.1) is 23.6 Å². The fraction of sp³-hybridized carbons (Fsp3) is 0.571. The summed E-state index contributed by atoms with van der Waals surface area (Å²) in [5, 5.41) is 9.43. The van der Waals surface area contributed by atoms with E-state index in [9.17, 15) is 14.7 Å². The first-order valence-corrected chi connectivity index (χ1v) is 13.9. The number of nitrogens with two attached hydrogens (primary N) is 2. The van der Waals surface area contributed by atoms with E-state index < -0.39 is 17.2 Å². The zero-order valence-corrected chi connectivity index (χ0v) is 22.3. The van der Waals surface area contributed by atoms with Crippen LogP contribution in [0.5, 0.6) is 0 Å². The zero-order chi connectivity index (χ0) is 27.5. The second-order valence-electron chi connectivity index (χ2n) is 11.8. The Labute approximate surface area is 226 Å². The van der Waals surface area contributed by atoms with Gasteiger partial charge in [0.15, 0.2) is 5.96 Å². The van der Waals surface area contributed by atoms with E-state index in [0.717, 1.165) is 43.1 Å². The molecule has 208 valence electrons. The lowest BCUT2D eigenvalue weighted by Crippen LogP contribution is -2.52. The van der Waals surface area contributed by atoms with Crippen molar-refractivity contribution >= 4 is 34.5 Å². The number of carbonyl (C=O) groups is 1. The number of rotatable bonds is 4. The van der Waals surface area contributed by atoms with Crippen molar-refractivity contribution in [3.63, 3.8) is 0 Å². The van der Waals surface area contributed by atoms with Crippen molar-refractivity contribution in [3.05, 3.63) is 39.9 Å². The minimum atomic E-state index is -1.33. The summed E-state index contributed by atoms with van der Waals surface area (Å²) in [6.45, 7) is 4.32. The number of guanidine groups is 2. The maximum atomic E-state index is 15.2. The van der Waals surface area contributed by atoms with E-state index in [1.54, 1.807) is 10.6 Å². The van der Waals surface area contributed by atoms with Crippen molar-refractivity contribution in [2.75, 3.05) is 31.1 Å². The first-order chi connectivity index (χ1) is 18.6. The molecule has 1 aromatic heterocycles. The first kappa shape index (κ1) is 25.6. The van der Waals surface area contributed by atoms with E-state index >= 15 is 4.39 Å². The highest BCUT2D eigenvalue weighted by Crippen LogP contribution is 2.57. The molecule has 5 aliphatic rings. The molecule has 0 radical (unpaired) electrons. The number of hydrogen-bond acceptors (Lipinski definition) is 4. The van der Waals surface area contributed by atoms with Crippen molar-refractivity contribution in [3.8, 4) is 0 Å². The van der Waals surface area contributed by atoms with E-state index in [4.69, 9.17) is 16.5 Å². The molecule has 10 nitrogen and oxygen atoms in total. The number of pyridine rings is 1. The molecule has 0 amide bonds. The highest BCUT2D eigenvalue weighted by Gasteiger charge is 2.51. The zero-order valence-electron chi connectivity index (χ0n) is 22.3. The number of piperazine rings is 1. The lowest BCUT2D eigenvalue weighted by molar-refractivity contribution is 0.00158. The van der Waals surface area contributed by atoms with Crippen molar-refractivity contribution in [1.29, 1.82) is 0 Å². The lowest BCUT2D eigenvalue weighted by atomic mass is 9.53. The number of aromatic nitrogens is 1. The van der Waals surface area contributed by atoms with Gasteiger partial charge in [-0.25, -0.2) is 14.2 Å². The summed E-state index contributed by atoms with van der Waals surface area (Å²) in [5.74, 6) is 0.979. The van der Waals surface area contributed by atoms with Gasteiger partial charge in [-0.3, -0.25) is 4.79 Å². The van der Waals surface area contributed by atoms with E-state index in [1.807, 2.05) is 16.7 Å². The fourth-order valence-corrected chi connectivity index (χ4v) is 7.89. The average molecular weight is 538 g/mol. The first-order valence-electron chi connectivity index (χ1n) is 13.9. The highest BCUT2D eigenvalue weighted by molar-refractivity contribution is 5.94. The third-order valence-electron chi connectivity index (χ3n) is 9.25. The maximum Gasteiger partial charge on any atom is 0.341 e. The highest BCUT2D eigenvalue weighted by atomic mass is 19.1. The van der Waals surface area contributed by atoms with E-state index in [1.165, 1.54) is 25.5 Å². The molecular formula is C28H36FN7O3. The van der Waals surface area contributed by atoms with Crippen LogP contribution in [0.15, 0.2) is 33.1 Å². The molecule has 1 aliphatic heterocycles. The second kappa shape index (κ2) is 9.53. The van der Waals surface area contributed by atoms with Gasteiger partial charge in [0.1, 0.15) is 11.4 Å². The fourth-order valence-electron chi connectivity index (χ4n) is 7.89. The molecule has 11 heteroatoms. The number of nitrogens with zero attached hydrogens (tertiary/aromatic N) is 5. The summed E-state index contributed by atoms with van der Waals surface area (Å²) < 4.78 is 16.9. The van der Waals surface area contributed by atoms with E-state index in [2.05, 4.69) is 4.99 Å². The SMILES string of the molecule is CCn1cc(C(=O)O)c(=O)c2cc(F)c(N3CCN(/C(N)=N/C(N)=NC45CC6CC(CC(C6)C4)C5)CC3)cc21. The number of hydrogen-bond donors (Lipinski definition) is 3. The molecule has 1 aromatic carbocycles. The third-order valence-corrected chi connectivity index (χ3v) is 9.25. The second-order valence-corrected chi connectivity index (χ2v) is 11.8. The molecule has 5 N–H and O–H groups in total. The van der Waals surface area contributed by atoms with Crippen LogP contribution >= 0.6 is 0 Å². The van der Waals surface area contributed by atoms with Crippen molar-refractivity contribution < 1.29 is 14.3 Å². The Hall–Kier alpha value is -3.63. The van der Waals surface area contributed by atoms with Crippen LogP contribution in [-0.2, 0) is 6.54 Å². The van der Waals surface area contributed by atoms with Gasteiger partial charge in [0.25, 0.3) is 0 Å². The van der Waals surface area contributed by atoms with Crippen LogP contribution in [-0.4, -0.2) is 64.2 Å². The summed E-state index contributed by atoms with van der Waals surface area (Å²) in [5.41, 5.74) is 12.4. The van der Waals surface area contributed by atoms with Crippen molar-refractivity contribution in [2.45, 2.75) is 57.5 Å². The van der Waals surface area contributed by atoms with E-state index in [0.29, 0.717) is 49.9 Å². The molecule has 4 bridgehead atoms. The van der Waals surface area contributed by atoms with Crippen LogP contribution in [0.25, 0.3) is 10.9 Å². The number of carboxylic acids is 1. The molecular weight excluding hydrogens is 501 g/mol. The third kappa shape index (κ3) is 4.61. The number of aromatic carboxylic acids is 1. The topological polar surface area (TPSA) is 143 Å². The van der Waals surface area contributed by atoms with Crippen LogP contribution in [0.1, 0.15) is 55.8 Å². The van der Waals surface area contributed by atoms with Crippen molar-refractivity contribution in [1.82, 2.24) is 9.47 Å². The minimum Gasteiger partial charge on any atom is -0.477 e. The predicted octanol–water partition coefficient (Wildman–Crippen LogP) is 2.58. The monoisotopic (exact) mass is 537 g/mol. The summed E-state index contributed by atoms with van der Waals surface area (Å²) >= 11 is 0. The van der Waals surface area contributed by atoms with Gasteiger partial charge in [-0.15, -0.1) is 0 Å². The van der Waals surface area contributed by atoms with Gasteiger partial charge in [-0.05, 0) is 75.3 Å². The molecule has 0 spiro atoms. The molecule has 2 aromatic rings. The molecule has 2 heterocycles. The maximum absolute atomic E-state index is 15.2. The van der Waals surface area contributed by atoms with Crippen LogP contribution < -0.4 is 21.8 Å². The number of anilines is 1. The Morgan fingerprint density at radius 3 is 2.26 bits per heavy atom. The van der Waals surface area contributed by atoms with Gasteiger partial charge in [0.2, 0.25) is 11.4 Å². The number of halogens is 1. The Morgan fingerprint density at radius 1 is 1.08 bits per heavy atom. The molecule has 5 fully saturated rings. The van der Waals surface area contributed by atoms with Gasteiger partial charge in [0, 0.05) is 44.3 Å². The van der Waals surface area contributed by atoms with Gasteiger partial charge in [-0.1, -0.05) is 0 Å². The summed E-state index contributed by atoms with van der Waals surface area (Å²) in [4.78, 5) is 37.4. The van der Waals surface area contributed by atoms with E-state index in [-0.39, 0.29) is 22.4 Å². The molecule has 0 atom stereocenters. The Bertz CT molecular complexity index is 1410. The normalized spacial score (nSPS) is 28.9. The smallest absolute Gasteiger partial charge is 0.341 e. The number of aryl methyl sites for hydroxylation is 1. The Balaban J connectivity index is 1.17. The number of aliphatic imine (C=N–C) groups is 2. The lowest BCUT2D eigenvalue weighted by Gasteiger charge is -2.54. The standard InChI is InChI=1S/C28H36FN7O3/c1-2-34-15-20(25(38)39)24(37)19-10-21(29)23(11-22(19)34)35-3-5-36(6-4-35)27(31)32-26(30)33-28-12-16-7-17(13-28)9-18(8-16)14-28/h10-11,15-18H,2-9,12-14H2,1H3,(H,38,39)(H4,30,31,32,33). The number of benzene rings is 1. The molecule has 1 saturated heterocycles. The summed E-state index contributed by atoms with van der Waals surface area (Å²) in [7, 11) is 0. The molecule has 7 rings (SSSR count). The van der Waals surface area contributed by atoms with Crippen molar-refractivity contribution in [2.24, 2.45) is 39.2 Å². The van der Waals surface area contributed by atoms with Gasteiger partial charge >= 0.3 is 5.97 Å². The quantitative estimate of drug-likeness (QED) is 0.402. The van der Waals surface area contributed by atoms with Crippen LogP contribution in [0.4, 0.5) is 10.1 Å². The average Bonchev–Trinajstić information content (AvgIpc) is 2.87. The Morgan fingerprint density at radius 2 is 1.69 bits per heavy atom. The largest absolute Gasteiger partial charge is 0.477 e.